The molecule has 55 heavy (non-hydrogen) atoms. The van der Waals surface area contributed by atoms with Gasteiger partial charge in [-0.15, -0.1) is 0 Å². The molecule has 1 aliphatic heterocycles. The number of hydrogen-bond acceptors (Lipinski definition) is 16. The van der Waals surface area contributed by atoms with E-state index in [-0.39, 0.29) is 92.7 Å². The molecule has 0 unspecified atom stereocenters. The number of hydrogen-bond donors (Lipinski definition) is 3. The fraction of sp³-hybridized carbons (Fsp3) is 0.444. The van der Waals surface area contributed by atoms with E-state index in [2.05, 4.69) is 82.1 Å². The summed E-state index contributed by atoms with van der Waals surface area (Å²) in [4.78, 5) is 54.0. The van der Waals surface area contributed by atoms with E-state index in [0.717, 1.165) is 6.42 Å². The van der Waals surface area contributed by atoms with Crippen LogP contribution in [-0.4, -0.2) is 63.2 Å². The van der Waals surface area contributed by atoms with Crippen molar-refractivity contribution in [2.45, 2.75) is 89.5 Å². The summed E-state index contributed by atoms with van der Waals surface area (Å²) < 4.78 is 41.3. The SMILES string of the molecule is CC(C)[Si](OC[C@@H]1NC(=O)c2coc(n2)-c2coc(n2)-c2coc(n2)[C@H](CCCCN)NC(=O)c2coc(n2)-c2coc(n2)-c2coc1n2)(C(C)C)C(C)C. The number of aromatic nitrogens is 6. The molecule has 290 valence electrons. The number of unbranched alkanes of at least 4 members (excludes halogenated alkanes) is 1. The van der Waals surface area contributed by atoms with Gasteiger partial charge < -0.3 is 47.3 Å². The van der Waals surface area contributed by atoms with Gasteiger partial charge in [0.1, 0.15) is 49.7 Å². The second-order valence-electron chi connectivity index (χ2n) is 14.3. The third-order valence-corrected chi connectivity index (χ3v) is 15.8. The zero-order valence-corrected chi connectivity index (χ0v) is 32.3. The number of amides is 2. The minimum atomic E-state index is -2.39. The molecule has 2 atom stereocenters. The Morgan fingerprint density at radius 2 is 0.964 bits per heavy atom. The predicted octanol–water partition coefficient (Wildman–Crippen LogP) is 6.86. The molecule has 0 spiro atoms. The van der Waals surface area contributed by atoms with Crippen LogP contribution >= 0.6 is 0 Å². The molecule has 1 aliphatic rings. The maximum absolute atomic E-state index is 13.8. The summed E-state index contributed by atoms with van der Waals surface area (Å²) in [7, 11) is -2.39. The lowest BCUT2D eigenvalue weighted by molar-refractivity contribution is 0.0899. The van der Waals surface area contributed by atoms with Crippen molar-refractivity contribution in [2.75, 3.05) is 13.2 Å². The standard InChI is InChI=1S/C36H43N9O9Si/c1-18(2)55(19(3)4,20(5)6)54-17-28-36-45-27(16-53-36)35-44-24(15-52-35)32-40-22(11-48-32)29(46)38-21(9-7-8-10-37)31-42-26(13-50-31)34-43-25(14-51-34)33-41-23(12-49-33)30(47)39-28/h11-16,18-21,28H,7-10,17,37H2,1-6H3,(H,38,46)(H,39,47)/t21-,28-/m0/s1. The molecular weight excluding hydrogens is 731 g/mol. The summed E-state index contributed by atoms with van der Waals surface area (Å²) in [6.07, 6.45) is 9.71. The van der Waals surface area contributed by atoms with Gasteiger partial charge in [0.2, 0.25) is 35.3 Å². The van der Waals surface area contributed by atoms with Gasteiger partial charge in [0.25, 0.3) is 11.8 Å². The van der Waals surface area contributed by atoms with Crippen LogP contribution < -0.4 is 16.4 Å². The summed E-state index contributed by atoms with van der Waals surface area (Å²) in [6, 6.07) is -1.48. The molecule has 19 heteroatoms. The van der Waals surface area contributed by atoms with E-state index in [9.17, 15) is 9.59 Å². The Bertz CT molecular complexity index is 2220. The molecule has 0 aromatic carbocycles. The van der Waals surface area contributed by atoms with Gasteiger partial charge in [0.15, 0.2) is 42.5 Å². The van der Waals surface area contributed by atoms with E-state index >= 15 is 0 Å². The number of carbonyl (C=O) groups excluding carboxylic acids is 2. The average Bonchev–Trinajstić information content (AvgIpc) is 4.00. The van der Waals surface area contributed by atoms with Crippen LogP contribution in [0, 0.1) is 0 Å². The van der Waals surface area contributed by atoms with E-state index in [0.29, 0.717) is 19.4 Å². The maximum atomic E-state index is 13.8. The normalized spacial score (nSPS) is 16.5. The smallest absolute Gasteiger partial charge is 0.273 e. The zero-order valence-electron chi connectivity index (χ0n) is 31.3. The fourth-order valence-electron chi connectivity index (χ4n) is 7.18. The molecule has 4 N–H and O–H groups in total. The number of oxazole rings is 6. The van der Waals surface area contributed by atoms with Gasteiger partial charge in [0.05, 0.1) is 6.61 Å². The molecule has 12 bridgehead atoms. The Balaban J connectivity index is 1.26. The van der Waals surface area contributed by atoms with E-state index in [1.807, 2.05) is 0 Å². The van der Waals surface area contributed by atoms with Crippen molar-refractivity contribution < 1.29 is 40.5 Å². The van der Waals surface area contributed by atoms with Crippen LogP contribution in [0.3, 0.4) is 0 Å². The molecule has 18 nitrogen and oxygen atoms in total. The topological polar surface area (TPSA) is 250 Å². The first-order valence-electron chi connectivity index (χ1n) is 18.2. The molecule has 0 saturated heterocycles. The molecule has 7 rings (SSSR count). The molecule has 0 radical (unpaired) electrons. The van der Waals surface area contributed by atoms with E-state index < -0.39 is 32.2 Å². The van der Waals surface area contributed by atoms with E-state index in [4.69, 9.17) is 36.7 Å². The van der Waals surface area contributed by atoms with E-state index in [1.165, 1.54) is 37.6 Å². The number of nitrogens with one attached hydrogen (secondary N) is 2. The highest BCUT2D eigenvalue weighted by molar-refractivity contribution is 6.77. The monoisotopic (exact) mass is 773 g/mol. The van der Waals surface area contributed by atoms with Crippen LogP contribution in [0.15, 0.2) is 64.1 Å². The lowest BCUT2D eigenvalue weighted by atomic mass is 10.1. The van der Waals surface area contributed by atoms with Crippen molar-refractivity contribution in [2.24, 2.45) is 5.73 Å². The summed E-state index contributed by atoms with van der Waals surface area (Å²) in [5.41, 5.74) is 7.48. The molecule has 6 aromatic heterocycles. The van der Waals surface area contributed by atoms with Gasteiger partial charge in [-0.25, -0.2) is 29.9 Å². The lowest BCUT2D eigenvalue weighted by Gasteiger charge is -2.42. The van der Waals surface area contributed by atoms with Gasteiger partial charge in [-0.2, -0.15) is 0 Å². The van der Waals surface area contributed by atoms with Crippen LogP contribution in [-0.2, 0) is 4.43 Å². The van der Waals surface area contributed by atoms with Gasteiger partial charge >= 0.3 is 0 Å². The van der Waals surface area contributed by atoms with Crippen molar-refractivity contribution in [1.82, 2.24) is 40.5 Å². The Hall–Kier alpha value is -5.66. The van der Waals surface area contributed by atoms with Crippen LogP contribution in [0.5, 0.6) is 0 Å². The fourth-order valence-corrected chi connectivity index (χ4v) is 12.6. The van der Waals surface area contributed by atoms with Gasteiger partial charge in [-0.1, -0.05) is 41.5 Å². The largest absolute Gasteiger partial charge is 0.446 e. The Kier molecular flexibility index (Phi) is 10.7. The van der Waals surface area contributed by atoms with Crippen LogP contribution in [0.4, 0.5) is 0 Å². The van der Waals surface area contributed by atoms with E-state index in [1.54, 1.807) is 0 Å². The highest BCUT2D eigenvalue weighted by Crippen LogP contribution is 2.43. The Morgan fingerprint density at radius 3 is 1.42 bits per heavy atom. The number of carbonyl (C=O) groups is 2. The molecule has 0 saturated carbocycles. The Labute approximate surface area is 316 Å². The lowest BCUT2D eigenvalue weighted by Crippen LogP contribution is -2.49. The first-order valence-corrected chi connectivity index (χ1v) is 20.3. The first kappa shape index (κ1) is 37.6. The minimum Gasteiger partial charge on any atom is -0.446 e. The molecule has 0 fully saturated rings. The number of nitrogens with zero attached hydrogens (tertiary/aromatic N) is 6. The van der Waals surface area contributed by atoms with Crippen LogP contribution in [0.25, 0.3) is 46.3 Å². The third kappa shape index (κ3) is 7.54. The van der Waals surface area contributed by atoms with Gasteiger partial charge in [-0.05, 0) is 42.4 Å². The summed E-state index contributed by atoms with van der Waals surface area (Å²) in [5, 5.41) is 5.89. The molecule has 0 aliphatic carbocycles. The van der Waals surface area contributed by atoms with Crippen molar-refractivity contribution >= 4 is 20.1 Å². The zero-order chi connectivity index (χ0) is 38.9. The first-order chi connectivity index (χ1) is 26.5. The number of fused-ring (bicyclic) bond motifs is 16. The Morgan fingerprint density at radius 1 is 0.582 bits per heavy atom. The quantitative estimate of drug-likeness (QED) is 0.0949. The van der Waals surface area contributed by atoms with Gasteiger partial charge in [-0.3, -0.25) is 9.59 Å². The van der Waals surface area contributed by atoms with Crippen LogP contribution in [0.1, 0.15) is 106 Å². The molecule has 2 amide bonds. The highest BCUT2D eigenvalue weighted by Gasteiger charge is 2.46. The summed E-state index contributed by atoms with van der Waals surface area (Å²) in [5.74, 6) is -0.437. The van der Waals surface area contributed by atoms with Crippen molar-refractivity contribution in [1.29, 1.82) is 0 Å². The number of rotatable bonds is 10. The second kappa shape index (κ2) is 15.6. The molecule has 6 aromatic rings. The van der Waals surface area contributed by atoms with Gasteiger partial charge in [0, 0.05) is 0 Å². The second-order valence-corrected chi connectivity index (χ2v) is 19.7. The predicted molar refractivity (Wildman–Crippen MR) is 195 cm³/mol. The average molecular weight is 774 g/mol. The third-order valence-electron chi connectivity index (χ3n) is 9.76. The summed E-state index contributed by atoms with van der Waals surface area (Å²) in [6.45, 7) is 13.6. The maximum Gasteiger partial charge on any atom is 0.273 e. The molecule has 7 heterocycles. The minimum absolute atomic E-state index is 0.00149. The van der Waals surface area contributed by atoms with Crippen molar-refractivity contribution in [3.8, 4) is 46.3 Å². The van der Waals surface area contributed by atoms with Crippen molar-refractivity contribution in [3.63, 3.8) is 0 Å². The van der Waals surface area contributed by atoms with Crippen LogP contribution in [0.2, 0.25) is 16.6 Å². The highest BCUT2D eigenvalue weighted by atomic mass is 28.4. The summed E-state index contributed by atoms with van der Waals surface area (Å²) >= 11 is 0. The molecular formula is C36H43N9O9Si. The van der Waals surface area contributed by atoms with Crippen molar-refractivity contribution in [3.05, 3.63) is 60.7 Å². The number of nitrogens with two attached hydrogens (primary N) is 1.